The molecular weight excluding hydrogens is 400 g/mol. The summed E-state index contributed by atoms with van der Waals surface area (Å²) >= 11 is 0.142. The molecular formula is C15H13F6N3O2S. The van der Waals surface area contributed by atoms with E-state index in [1.54, 1.807) is 6.92 Å². The van der Waals surface area contributed by atoms with Gasteiger partial charge in [-0.15, -0.1) is 5.10 Å². The van der Waals surface area contributed by atoms with Gasteiger partial charge in [0.05, 0.1) is 5.56 Å². The first kappa shape index (κ1) is 20.9. The lowest BCUT2D eigenvalue weighted by Crippen LogP contribution is -2.35. The number of rotatable bonds is 6. The fourth-order valence-corrected chi connectivity index (χ4v) is 2.60. The van der Waals surface area contributed by atoms with E-state index < -0.39 is 40.6 Å². The van der Waals surface area contributed by atoms with Crippen LogP contribution in [-0.4, -0.2) is 29.3 Å². The molecule has 0 aliphatic rings. The number of halogens is 6. The Hall–Kier alpha value is -2.37. The van der Waals surface area contributed by atoms with Gasteiger partial charge in [-0.3, -0.25) is 4.79 Å². The number of hydrogen-bond donors (Lipinski definition) is 0. The van der Waals surface area contributed by atoms with E-state index in [2.05, 4.69) is 10.2 Å². The quantitative estimate of drug-likeness (QED) is 0.659. The van der Waals surface area contributed by atoms with Crippen molar-refractivity contribution >= 4 is 22.9 Å². The first-order valence-corrected chi connectivity index (χ1v) is 8.35. The Kier molecular flexibility index (Phi) is 6.29. The molecule has 0 fully saturated rings. The minimum Gasteiger partial charge on any atom is -0.459 e. The maximum atomic E-state index is 12.6. The molecule has 1 aromatic heterocycles. The van der Waals surface area contributed by atoms with Gasteiger partial charge in [-0.25, -0.2) is 0 Å². The van der Waals surface area contributed by atoms with Gasteiger partial charge in [0.15, 0.2) is 6.61 Å². The average Bonchev–Trinajstić information content (AvgIpc) is 3.06. The van der Waals surface area contributed by atoms with Crippen molar-refractivity contribution in [2.24, 2.45) is 0 Å². The van der Waals surface area contributed by atoms with Gasteiger partial charge in [0.25, 0.3) is 11.1 Å². The van der Waals surface area contributed by atoms with Crippen LogP contribution >= 0.6 is 11.3 Å². The Bertz CT molecular complexity index is 773. The van der Waals surface area contributed by atoms with Crippen molar-refractivity contribution in [3.63, 3.8) is 0 Å². The van der Waals surface area contributed by atoms with Crippen LogP contribution < -0.4 is 9.64 Å². The molecule has 148 valence electrons. The number of nitrogens with zero attached hydrogens (tertiary/aromatic N) is 3. The lowest BCUT2D eigenvalue weighted by molar-refractivity contribution is -0.138. The molecule has 5 nitrogen and oxygen atoms in total. The Balaban J connectivity index is 2.07. The zero-order valence-electron chi connectivity index (χ0n) is 13.8. The van der Waals surface area contributed by atoms with Crippen molar-refractivity contribution in [1.29, 1.82) is 0 Å². The third-order valence-corrected chi connectivity index (χ3v) is 4.10. The molecule has 27 heavy (non-hydrogen) atoms. The monoisotopic (exact) mass is 413 g/mol. The summed E-state index contributed by atoms with van der Waals surface area (Å²) in [5.41, 5.74) is -0.647. The highest BCUT2D eigenvalue weighted by molar-refractivity contribution is 7.13. The maximum absolute atomic E-state index is 12.6. The van der Waals surface area contributed by atoms with Gasteiger partial charge in [-0.2, -0.15) is 26.3 Å². The normalized spacial score (nSPS) is 12.1. The molecule has 0 atom stereocenters. The molecule has 0 radical (unpaired) electrons. The second kappa shape index (κ2) is 8.11. The zero-order chi connectivity index (χ0) is 20.2. The van der Waals surface area contributed by atoms with Crippen LogP contribution in [0.4, 0.5) is 32.0 Å². The van der Waals surface area contributed by atoms with Crippen LogP contribution in [0.2, 0.25) is 0 Å². The molecule has 0 bridgehead atoms. The Labute approximate surface area is 153 Å². The third-order valence-electron chi connectivity index (χ3n) is 3.22. The van der Waals surface area contributed by atoms with E-state index in [1.165, 1.54) is 4.90 Å². The number of alkyl halides is 6. The Morgan fingerprint density at radius 2 is 1.70 bits per heavy atom. The summed E-state index contributed by atoms with van der Waals surface area (Å²) in [6.45, 7) is 1.32. The van der Waals surface area contributed by atoms with Crippen molar-refractivity contribution in [2.45, 2.75) is 25.7 Å². The lowest BCUT2D eigenvalue weighted by Gasteiger charge is -2.22. The minimum absolute atomic E-state index is 0.142. The van der Waals surface area contributed by atoms with Crippen molar-refractivity contribution in [3.05, 3.63) is 34.8 Å². The Morgan fingerprint density at radius 1 is 1.07 bits per heavy atom. The summed E-state index contributed by atoms with van der Waals surface area (Å²) in [5.74, 6) is -0.639. The van der Waals surface area contributed by atoms with Crippen LogP contribution in [0, 0.1) is 0 Å². The van der Waals surface area contributed by atoms with Crippen LogP contribution in [0.1, 0.15) is 23.9 Å². The van der Waals surface area contributed by atoms with E-state index in [1.807, 2.05) is 0 Å². The average molecular weight is 413 g/mol. The highest BCUT2D eigenvalue weighted by Gasteiger charge is 2.36. The van der Waals surface area contributed by atoms with E-state index in [0.717, 1.165) is 24.3 Å². The molecule has 2 rings (SSSR count). The van der Waals surface area contributed by atoms with Crippen LogP contribution in [0.25, 0.3) is 0 Å². The summed E-state index contributed by atoms with van der Waals surface area (Å²) in [5, 5.41) is 4.49. The highest BCUT2D eigenvalue weighted by Crippen LogP contribution is 2.34. The first-order chi connectivity index (χ1) is 12.5. The van der Waals surface area contributed by atoms with Gasteiger partial charge < -0.3 is 9.64 Å². The molecule has 0 spiro atoms. The van der Waals surface area contributed by atoms with Gasteiger partial charge >= 0.3 is 12.4 Å². The number of hydrogen-bond acceptors (Lipinski definition) is 5. The van der Waals surface area contributed by atoms with E-state index in [0.29, 0.717) is 6.42 Å². The molecule has 1 amide bonds. The maximum Gasteiger partial charge on any atom is 0.445 e. The molecule has 0 N–H and O–H groups in total. The van der Waals surface area contributed by atoms with E-state index >= 15 is 0 Å². The minimum atomic E-state index is -4.67. The topological polar surface area (TPSA) is 55.3 Å². The van der Waals surface area contributed by atoms with Gasteiger partial charge in [0.1, 0.15) is 0 Å². The van der Waals surface area contributed by atoms with Crippen LogP contribution in [-0.2, 0) is 17.1 Å². The van der Waals surface area contributed by atoms with Crippen molar-refractivity contribution in [1.82, 2.24) is 10.2 Å². The fraction of sp³-hybridized carbons (Fsp3) is 0.400. The molecule has 0 aliphatic carbocycles. The van der Waals surface area contributed by atoms with Gasteiger partial charge in [-0.1, -0.05) is 23.4 Å². The molecule has 0 saturated heterocycles. The molecule has 1 heterocycles. The third kappa shape index (κ3) is 5.55. The fourth-order valence-electron chi connectivity index (χ4n) is 2.04. The number of carbonyl (C=O) groups excluding carboxylic acids is 1. The molecule has 0 unspecified atom stereocenters. The zero-order valence-corrected chi connectivity index (χ0v) is 14.6. The highest BCUT2D eigenvalue weighted by atomic mass is 32.1. The van der Waals surface area contributed by atoms with Crippen molar-refractivity contribution < 1.29 is 35.9 Å². The molecule has 1 aromatic carbocycles. The molecule has 0 aliphatic heterocycles. The second-order valence-corrected chi connectivity index (χ2v) is 6.19. The van der Waals surface area contributed by atoms with Crippen LogP contribution in [0.3, 0.4) is 0 Å². The number of carbonyl (C=O) groups is 1. The van der Waals surface area contributed by atoms with E-state index in [-0.39, 0.29) is 23.6 Å². The van der Waals surface area contributed by atoms with Gasteiger partial charge in [0.2, 0.25) is 5.01 Å². The summed E-state index contributed by atoms with van der Waals surface area (Å²) in [4.78, 5) is 13.5. The lowest BCUT2D eigenvalue weighted by atomic mass is 10.2. The smallest absolute Gasteiger partial charge is 0.445 e. The van der Waals surface area contributed by atoms with Gasteiger partial charge in [-0.05, 0) is 30.7 Å². The number of ether oxygens (including phenoxy) is 1. The number of aromatic nitrogens is 2. The van der Waals surface area contributed by atoms with Crippen LogP contribution in [0.5, 0.6) is 5.19 Å². The molecule has 12 heteroatoms. The first-order valence-electron chi connectivity index (χ1n) is 7.53. The number of amides is 1. The van der Waals surface area contributed by atoms with E-state index in [4.69, 9.17) is 4.74 Å². The number of benzene rings is 1. The van der Waals surface area contributed by atoms with Crippen molar-refractivity contribution in [2.75, 3.05) is 18.1 Å². The molecule has 2 aromatic rings. The van der Waals surface area contributed by atoms with Crippen molar-refractivity contribution in [3.8, 4) is 5.19 Å². The Morgan fingerprint density at radius 3 is 2.19 bits per heavy atom. The predicted molar refractivity (Wildman–Crippen MR) is 84.5 cm³/mol. The second-order valence-electron chi connectivity index (χ2n) is 5.25. The van der Waals surface area contributed by atoms with E-state index in [9.17, 15) is 31.1 Å². The van der Waals surface area contributed by atoms with Crippen LogP contribution in [0.15, 0.2) is 24.3 Å². The summed E-state index contributed by atoms with van der Waals surface area (Å²) in [6.07, 6.45) is -8.67. The standard InChI is InChI=1S/C15H13F6N3O2S/c1-2-7-24(10-5-3-9(4-6-10)14(16,17)18)11(25)8-26-13-23-22-12(27-13)15(19,20)21/h3-6H,2,7-8H2,1H3. The summed E-state index contributed by atoms with van der Waals surface area (Å²) < 4.78 is 80.2. The molecule has 0 saturated carbocycles. The summed E-state index contributed by atoms with van der Waals surface area (Å²) in [6, 6.07) is 3.96. The van der Waals surface area contributed by atoms with Gasteiger partial charge in [0, 0.05) is 12.2 Å². The largest absolute Gasteiger partial charge is 0.459 e. The SMILES string of the molecule is CCCN(C(=O)COc1nnc(C(F)(F)F)s1)c1ccc(C(F)(F)F)cc1. The summed E-state index contributed by atoms with van der Waals surface area (Å²) in [7, 11) is 0. The number of anilines is 1. The predicted octanol–water partition coefficient (Wildman–Crippen LogP) is 4.40.